The summed E-state index contributed by atoms with van der Waals surface area (Å²) in [6.45, 7) is 5.87. The van der Waals surface area contributed by atoms with Crippen LogP contribution in [0, 0.1) is 6.92 Å². The summed E-state index contributed by atoms with van der Waals surface area (Å²) in [5, 5.41) is 16.0. The van der Waals surface area contributed by atoms with Gasteiger partial charge < -0.3 is 10.2 Å². The van der Waals surface area contributed by atoms with E-state index in [-0.39, 0.29) is 11.9 Å². The summed E-state index contributed by atoms with van der Waals surface area (Å²) in [7, 11) is 0. The number of tetrazole rings is 1. The van der Waals surface area contributed by atoms with E-state index in [4.69, 9.17) is 0 Å². The third kappa shape index (κ3) is 5.95. The molecule has 8 nitrogen and oxygen atoms in total. The fraction of sp³-hybridized carbons (Fsp3) is 0.500. The highest BCUT2D eigenvalue weighted by molar-refractivity contribution is 7.11. The van der Waals surface area contributed by atoms with Crippen LogP contribution in [0.3, 0.4) is 0 Å². The molecule has 0 unspecified atom stereocenters. The van der Waals surface area contributed by atoms with Gasteiger partial charge in [-0.25, -0.2) is 4.98 Å². The minimum atomic E-state index is 0.0237. The number of aromatic nitrogens is 5. The summed E-state index contributed by atoms with van der Waals surface area (Å²) >= 11 is 1.41. The maximum atomic E-state index is 12.3. The molecule has 1 aliphatic heterocycles. The predicted molar refractivity (Wildman–Crippen MR) is 121 cm³/mol. The number of likely N-dealkylation sites (tertiary alicyclic amines) is 1. The molecule has 0 aliphatic carbocycles. The normalized spacial score (nSPS) is 15.3. The average molecular weight is 440 g/mol. The minimum Gasteiger partial charge on any atom is -0.348 e. The van der Waals surface area contributed by atoms with Crippen molar-refractivity contribution in [3.05, 3.63) is 46.4 Å². The monoisotopic (exact) mass is 439 g/mol. The lowest BCUT2D eigenvalue weighted by Gasteiger charge is -2.32. The zero-order valence-corrected chi connectivity index (χ0v) is 18.7. The van der Waals surface area contributed by atoms with Crippen LogP contribution in [-0.2, 0) is 6.54 Å². The van der Waals surface area contributed by atoms with Crippen LogP contribution in [0.15, 0.2) is 35.8 Å². The maximum absolute atomic E-state index is 12.3. The van der Waals surface area contributed by atoms with Gasteiger partial charge in [-0.1, -0.05) is 36.8 Å². The molecule has 9 heteroatoms. The van der Waals surface area contributed by atoms with Crippen LogP contribution in [0.5, 0.6) is 0 Å². The molecule has 2 aromatic heterocycles. The van der Waals surface area contributed by atoms with Crippen LogP contribution in [0.25, 0.3) is 11.4 Å². The Balaban J connectivity index is 1.10. The van der Waals surface area contributed by atoms with Crippen LogP contribution in [0.4, 0.5) is 0 Å². The van der Waals surface area contributed by atoms with E-state index in [1.165, 1.54) is 11.3 Å². The lowest BCUT2D eigenvalue weighted by Crippen LogP contribution is -2.44. The molecule has 1 aliphatic rings. The van der Waals surface area contributed by atoms with Crippen LogP contribution in [-0.4, -0.2) is 61.7 Å². The van der Waals surface area contributed by atoms with Gasteiger partial charge in [-0.05, 0) is 44.4 Å². The van der Waals surface area contributed by atoms with Crippen LogP contribution >= 0.6 is 11.3 Å². The number of carbonyl (C=O) groups excluding carboxylic acids is 1. The highest BCUT2D eigenvalue weighted by atomic mass is 32.1. The van der Waals surface area contributed by atoms with Gasteiger partial charge in [0.25, 0.3) is 5.91 Å². The molecule has 1 aromatic carbocycles. The Morgan fingerprint density at radius 3 is 2.65 bits per heavy atom. The first-order chi connectivity index (χ1) is 15.2. The van der Waals surface area contributed by atoms with Crippen molar-refractivity contribution in [2.45, 2.75) is 51.6 Å². The fourth-order valence-electron chi connectivity index (χ4n) is 3.88. The van der Waals surface area contributed by atoms with Gasteiger partial charge in [0.1, 0.15) is 4.88 Å². The third-order valence-electron chi connectivity index (χ3n) is 5.69. The number of amides is 1. The Bertz CT molecular complexity index is 963. The standard InChI is InChI=1S/C22H29N7OS/c1-17-20(31-16-23-17)22(30)24-19-10-14-28(15-11-19)12-6-3-7-13-29-26-21(25-27-29)18-8-4-2-5-9-18/h2,4-5,8-9,16,19H,3,6-7,10-15H2,1H3,(H,24,30). The summed E-state index contributed by atoms with van der Waals surface area (Å²) in [6, 6.07) is 10.2. The predicted octanol–water partition coefficient (Wildman–Crippen LogP) is 3.17. The number of nitrogens with zero attached hydrogens (tertiary/aromatic N) is 6. The van der Waals surface area contributed by atoms with Crippen LogP contribution in [0.2, 0.25) is 0 Å². The minimum absolute atomic E-state index is 0.0237. The number of piperidine rings is 1. The summed E-state index contributed by atoms with van der Waals surface area (Å²) in [5.74, 6) is 0.705. The molecule has 0 spiro atoms. The Morgan fingerprint density at radius 1 is 1.13 bits per heavy atom. The molecule has 0 atom stereocenters. The third-order valence-corrected chi connectivity index (χ3v) is 6.62. The number of aryl methyl sites for hydroxylation is 2. The van der Waals surface area contributed by atoms with E-state index in [0.29, 0.717) is 5.82 Å². The second kappa shape index (κ2) is 10.6. The molecule has 31 heavy (non-hydrogen) atoms. The van der Waals surface area contributed by atoms with Gasteiger partial charge in [-0.2, -0.15) is 4.80 Å². The average Bonchev–Trinajstić information content (AvgIpc) is 3.44. The first-order valence-electron chi connectivity index (χ1n) is 11.0. The molecule has 1 N–H and O–H groups in total. The molecule has 0 saturated carbocycles. The van der Waals surface area contributed by atoms with Gasteiger partial charge in [0.05, 0.1) is 17.7 Å². The Hall–Kier alpha value is -2.65. The number of unbranched alkanes of at least 4 members (excludes halogenated alkanes) is 2. The largest absolute Gasteiger partial charge is 0.348 e. The number of hydrogen-bond donors (Lipinski definition) is 1. The van der Waals surface area contributed by atoms with Crippen LogP contribution < -0.4 is 5.32 Å². The van der Waals surface area contributed by atoms with Gasteiger partial charge in [0, 0.05) is 24.7 Å². The molecular weight excluding hydrogens is 410 g/mol. The van der Waals surface area contributed by atoms with Gasteiger partial charge in [-0.15, -0.1) is 21.5 Å². The Morgan fingerprint density at radius 2 is 1.90 bits per heavy atom. The van der Waals surface area contributed by atoms with E-state index < -0.39 is 0 Å². The molecule has 1 saturated heterocycles. The summed E-state index contributed by atoms with van der Waals surface area (Å²) in [5.41, 5.74) is 3.54. The zero-order valence-electron chi connectivity index (χ0n) is 17.9. The number of rotatable bonds is 9. The van der Waals surface area contributed by atoms with Crippen molar-refractivity contribution in [3.63, 3.8) is 0 Å². The van der Waals surface area contributed by atoms with Gasteiger partial charge in [0.2, 0.25) is 5.82 Å². The van der Waals surface area contributed by atoms with E-state index in [9.17, 15) is 4.79 Å². The highest BCUT2D eigenvalue weighted by Gasteiger charge is 2.22. The molecule has 0 bridgehead atoms. The molecule has 0 radical (unpaired) electrons. The summed E-state index contributed by atoms with van der Waals surface area (Å²) < 4.78 is 0. The van der Waals surface area contributed by atoms with Gasteiger partial charge in [0.15, 0.2) is 0 Å². The van der Waals surface area contributed by atoms with Crippen molar-refractivity contribution >= 4 is 17.2 Å². The molecule has 4 rings (SSSR count). The second-order valence-electron chi connectivity index (χ2n) is 7.99. The Kier molecular flexibility index (Phi) is 7.37. The molecule has 1 amide bonds. The number of benzene rings is 1. The van der Waals surface area contributed by atoms with E-state index in [1.54, 1.807) is 10.3 Å². The number of thiazole rings is 1. The quantitative estimate of drug-likeness (QED) is 0.515. The summed E-state index contributed by atoms with van der Waals surface area (Å²) in [6.07, 6.45) is 5.37. The molecule has 3 heterocycles. The second-order valence-corrected chi connectivity index (χ2v) is 8.85. The number of nitrogens with one attached hydrogen (secondary N) is 1. The smallest absolute Gasteiger partial charge is 0.263 e. The lowest BCUT2D eigenvalue weighted by molar-refractivity contribution is 0.0914. The highest BCUT2D eigenvalue weighted by Crippen LogP contribution is 2.16. The zero-order chi connectivity index (χ0) is 21.5. The molecule has 1 fully saturated rings. The van der Waals surface area contributed by atoms with E-state index in [1.807, 2.05) is 37.3 Å². The van der Waals surface area contributed by atoms with Crippen molar-refractivity contribution < 1.29 is 4.79 Å². The fourth-order valence-corrected chi connectivity index (χ4v) is 4.58. The van der Waals surface area contributed by atoms with E-state index in [2.05, 4.69) is 30.6 Å². The molecule has 3 aromatic rings. The Labute approximate surface area is 186 Å². The van der Waals surface area contributed by atoms with Gasteiger partial charge >= 0.3 is 0 Å². The van der Waals surface area contributed by atoms with E-state index >= 15 is 0 Å². The first-order valence-corrected chi connectivity index (χ1v) is 11.8. The van der Waals surface area contributed by atoms with Crippen LogP contribution in [0.1, 0.15) is 47.5 Å². The van der Waals surface area contributed by atoms with Crippen molar-refractivity contribution in [2.24, 2.45) is 0 Å². The molecule has 164 valence electrons. The van der Waals surface area contributed by atoms with Crippen molar-refractivity contribution in [1.29, 1.82) is 0 Å². The number of hydrogen-bond acceptors (Lipinski definition) is 7. The number of carbonyl (C=O) groups is 1. The SMILES string of the molecule is Cc1ncsc1C(=O)NC1CCN(CCCCCn2nnc(-c3ccccc3)n2)CC1. The summed E-state index contributed by atoms with van der Waals surface area (Å²) in [4.78, 5) is 21.4. The topological polar surface area (TPSA) is 88.8 Å². The van der Waals surface area contributed by atoms with Crippen molar-refractivity contribution in [3.8, 4) is 11.4 Å². The maximum Gasteiger partial charge on any atom is 0.263 e. The van der Waals surface area contributed by atoms with Crippen molar-refractivity contribution in [1.82, 2.24) is 35.4 Å². The van der Waals surface area contributed by atoms with Crippen molar-refractivity contribution in [2.75, 3.05) is 19.6 Å². The van der Waals surface area contributed by atoms with Gasteiger partial charge in [-0.3, -0.25) is 4.79 Å². The molecular formula is C22H29N7OS. The first kappa shape index (κ1) is 21.6. The van der Waals surface area contributed by atoms with E-state index in [0.717, 1.165) is 74.4 Å². The lowest BCUT2D eigenvalue weighted by atomic mass is 10.0.